The summed E-state index contributed by atoms with van der Waals surface area (Å²) in [6.07, 6.45) is -4.04. The molecule has 0 radical (unpaired) electrons. The first kappa shape index (κ1) is 18.2. The molecule has 1 aromatic heterocycles. The van der Waals surface area contributed by atoms with Gasteiger partial charge in [0.15, 0.2) is 5.69 Å². The summed E-state index contributed by atoms with van der Waals surface area (Å²) >= 11 is 1.07. The number of rotatable bonds is 5. The summed E-state index contributed by atoms with van der Waals surface area (Å²) in [7, 11) is 0. The summed E-state index contributed by atoms with van der Waals surface area (Å²) in [4.78, 5) is 27.4. The highest BCUT2D eigenvalue weighted by Crippen LogP contribution is 2.44. The number of thiazole rings is 1. The van der Waals surface area contributed by atoms with E-state index >= 15 is 0 Å². The van der Waals surface area contributed by atoms with Crippen LogP contribution in [-0.2, 0) is 12.7 Å². The van der Waals surface area contributed by atoms with Crippen LogP contribution in [0.15, 0.2) is 24.3 Å². The topological polar surface area (TPSA) is 91.3 Å². The highest BCUT2D eigenvalue weighted by molar-refractivity contribution is 7.16. The Morgan fingerprint density at radius 1 is 1.27 bits per heavy atom. The number of amides is 2. The van der Waals surface area contributed by atoms with Gasteiger partial charge in [-0.15, -0.1) is 11.3 Å². The van der Waals surface area contributed by atoms with E-state index in [1.807, 2.05) is 0 Å². The first-order valence-corrected chi connectivity index (χ1v) is 8.51. The van der Waals surface area contributed by atoms with Gasteiger partial charge in [-0.05, 0) is 24.5 Å². The number of aromatic nitrogens is 1. The average molecular weight is 385 g/mol. The van der Waals surface area contributed by atoms with E-state index in [1.54, 1.807) is 0 Å². The van der Waals surface area contributed by atoms with Crippen LogP contribution in [0.25, 0.3) is 0 Å². The Hall–Kier alpha value is -2.62. The van der Waals surface area contributed by atoms with Gasteiger partial charge in [0.05, 0.1) is 10.6 Å². The quantitative estimate of drug-likeness (QED) is 0.724. The Morgan fingerprint density at radius 2 is 1.96 bits per heavy atom. The van der Waals surface area contributed by atoms with Crippen molar-refractivity contribution in [2.75, 3.05) is 5.32 Å². The molecule has 1 aliphatic rings. The van der Waals surface area contributed by atoms with Crippen molar-refractivity contribution in [3.05, 3.63) is 46.1 Å². The summed E-state index contributed by atoms with van der Waals surface area (Å²) in [5.74, 6) is -0.518. The van der Waals surface area contributed by atoms with Gasteiger partial charge in [-0.2, -0.15) is 13.2 Å². The van der Waals surface area contributed by atoms with E-state index in [-0.39, 0.29) is 28.7 Å². The van der Waals surface area contributed by atoms with Crippen LogP contribution in [0, 0.1) is 0 Å². The number of carboxylic acid groups (broad SMARTS) is 1. The fraction of sp³-hybridized carbons (Fsp3) is 0.312. The molecule has 138 valence electrons. The van der Waals surface area contributed by atoms with Gasteiger partial charge in [-0.25, -0.2) is 9.78 Å². The zero-order valence-electron chi connectivity index (χ0n) is 13.3. The third kappa shape index (κ3) is 4.13. The standard InChI is InChI=1S/C16H14F3N3O3S/c17-16(18,19)10-4-2-1-3-9(10)7-20-12(23)11-14(22-15(24)25)26-13(21-11)8-5-6-8/h1-4,8,22H,5-7H2,(H,20,23)(H,24,25). The molecular weight excluding hydrogens is 371 g/mol. The Bertz CT molecular complexity index is 847. The highest BCUT2D eigenvalue weighted by atomic mass is 32.1. The SMILES string of the molecule is O=C(O)Nc1sc(C2CC2)nc1C(=O)NCc1ccccc1C(F)(F)F. The van der Waals surface area contributed by atoms with Crippen molar-refractivity contribution in [3.63, 3.8) is 0 Å². The van der Waals surface area contributed by atoms with Crippen molar-refractivity contribution in [1.29, 1.82) is 0 Å². The fourth-order valence-corrected chi connectivity index (χ4v) is 3.51. The molecule has 0 atom stereocenters. The van der Waals surface area contributed by atoms with Gasteiger partial charge in [0.2, 0.25) is 0 Å². The van der Waals surface area contributed by atoms with Crippen molar-refractivity contribution in [2.45, 2.75) is 31.5 Å². The molecule has 3 rings (SSSR count). The van der Waals surface area contributed by atoms with Gasteiger partial charge in [0.25, 0.3) is 5.91 Å². The predicted octanol–water partition coefficient (Wildman–Crippen LogP) is 4.06. The van der Waals surface area contributed by atoms with Crippen molar-refractivity contribution in [2.24, 2.45) is 0 Å². The highest BCUT2D eigenvalue weighted by Gasteiger charge is 2.33. The number of hydrogen-bond acceptors (Lipinski definition) is 4. The molecule has 0 spiro atoms. The molecule has 3 N–H and O–H groups in total. The monoisotopic (exact) mass is 385 g/mol. The smallest absolute Gasteiger partial charge is 0.416 e. The molecule has 10 heteroatoms. The molecule has 1 fully saturated rings. The van der Waals surface area contributed by atoms with E-state index in [4.69, 9.17) is 5.11 Å². The van der Waals surface area contributed by atoms with Gasteiger partial charge >= 0.3 is 12.3 Å². The molecule has 2 amide bonds. The summed E-state index contributed by atoms with van der Waals surface area (Å²) < 4.78 is 39.0. The van der Waals surface area contributed by atoms with Gasteiger partial charge in [-0.3, -0.25) is 10.1 Å². The second kappa shape index (κ2) is 6.94. The van der Waals surface area contributed by atoms with E-state index in [0.29, 0.717) is 5.01 Å². The van der Waals surface area contributed by atoms with Crippen LogP contribution in [0.2, 0.25) is 0 Å². The number of carbonyl (C=O) groups excluding carboxylic acids is 1. The van der Waals surface area contributed by atoms with Crippen molar-refractivity contribution in [3.8, 4) is 0 Å². The molecule has 1 aromatic carbocycles. The van der Waals surface area contributed by atoms with Crippen molar-refractivity contribution < 1.29 is 27.9 Å². The number of halogens is 3. The minimum absolute atomic E-state index is 0.0704. The van der Waals surface area contributed by atoms with E-state index in [0.717, 1.165) is 30.2 Å². The number of benzene rings is 1. The first-order chi connectivity index (χ1) is 12.3. The summed E-state index contributed by atoms with van der Waals surface area (Å²) in [6, 6.07) is 4.93. The van der Waals surface area contributed by atoms with Gasteiger partial charge in [0, 0.05) is 12.5 Å². The molecule has 1 saturated carbocycles. The molecule has 0 aliphatic heterocycles. The van der Waals surface area contributed by atoms with E-state index < -0.39 is 23.7 Å². The second-order valence-electron chi connectivity index (χ2n) is 5.77. The molecule has 26 heavy (non-hydrogen) atoms. The second-order valence-corrected chi connectivity index (χ2v) is 6.80. The minimum Gasteiger partial charge on any atom is -0.465 e. The largest absolute Gasteiger partial charge is 0.465 e. The van der Waals surface area contributed by atoms with Gasteiger partial charge in [0.1, 0.15) is 5.00 Å². The lowest BCUT2D eigenvalue weighted by molar-refractivity contribution is -0.138. The van der Waals surface area contributed by atoms with Crippen LogP contribution in [0.5, 0.6) is 0 Å². The predicted molar refractivity (Wildman–Crippen MR) is 88.4 cm³/mol. The minimum atomic E-state index is -4.53. The third-order valence-corrected chi connectivity index (χ3v) is 4.90. The number of nitrogens with one attached hydrogen (secondary N) is 2. The molecule has 1 heterocycles. The van der Waals surface area contributed by atoms with Crippen molar-refractivity contribution in [1.82, 2.24) is 10.3 Å². The Morgan fingerprint density at radius 3 is 2.58 bits per heavy atom. The van der Waals surface area contributed by atoms with Gasteiger partial charge < -0.3 is 10.4 Å². The first-order valence-electron chi connectivity index (χ1n) is 7.69. The summed E-state index contributed by atoms with van der Waals surface area (Å²) in [5, 5.41) is 14.1. The van der Waals surface area contributed by atoms with Crippen LogP contribution < -0.4 is 10.6 Å². The van der Waals surface area contributed by atoms with Crippen LogP contribution in [-0.4, -0.2) is 22.1 Å². The maximum absolute atomic E-state index is 13.0. The summed E-state index contributed by atoms with van der Waals surface area (Å²) in [6.45, 7) is -0.350. The van der Waals surface area contributed by atoms with E-state index in [1.165, 1.54) is 18.2 Å². The van der Waals surface area contributed by atoms with Gasteiger partial charge in [-0.1, -0.05) is 18.2 Å². The van der Waals surface area contributed by atoms with Crippen LogP contribution in [0.1, 0.15) is 45.4 Å². The fourth-order valence-electron chi connectivity index (χ4n) is 2.39. The van der Waals surface area contributed by atoms with Crippen LogP contribution >= 0.6 is 11.3 Å². The Balaban J connectivity index is 1.78. The molecule has 0 unspecified atom stereocenters. The molecule has 2 aromatic rings. The molecule has 1 aliphatic carbocycles. The zero-order valence-corrected chi connectivity index (χ0v) is 14.1. The van der Waals surface area contributed by atoms with E-state index in [2.05, 4.69) is 15.6 Å². The van der Waals surface area contributed by atoms with E-state index in [9.17, 15) is 22.8 Å². The lowest BCUT2D eigenvalue weighted by Gasteiger charge is -2.13. The number of anilines is 1. The maximum Gasteiger partial charge on any atom is 0.416 e. The van der Waals surface area contributed by atoms with Crippen LogP contribution in [0.3, 0.4) is 0 Å². The number of alkyl halides is 3. The molecule has 6 nitrogen and oxygen atoms in total. The lowest BCUT2D eigenvalue weighted by Crippen LogP contribution is -2.26. The molecular formula is C16H14F3N3O3S. The average Bonchev–Trinajstić information content (AvgIpc) is 3.33. The number of hydrogen-bond donors (Lipinski definition) is 3. The number of carbonyl (C=O) groups is 2. The van der Waals surface area contributed by atoms with Crippen molar-refractivity contribution >= 4 is 28.3 Å². The zero-order chi connectivity index (χ0) is 18.9. The number of nitrogens with zero attached hydrogens (tertiary/aromatic N) is 1. The summed E-state index contributed by atoms with van der Waals surface area (Å²) in [5.41, 5.74) is -1.04. The lowest BCUT2D eigenvalue weighted by atomic mass is 10.1. The Labute approximate surface area is 150 Å². The molecule has 0 saturated heterocycles. The normalized spacial score (nSPS) is 14.1. The Kier molecular flexibility index (Phi) is 4.86. The molecule has 0 bridgehead atoms. The van der Waals surface area contributed by atoms with Crippen LogP contribution in [0.4, 0.5) is 23.0 Å². The maximum atomic E-state index is 13.0. The third-order valence-electron chi connectivity index (χ3n) is 3.77.